The molecular weight excluding hydrogens is 334 g/mol. The van der Waals surface area contributed by atoms with Gasteiger partial charge >= 0.3 is 0 Å². The lowest BCUT2D eigenvalue weighted by Crippen LogP contribution is -3.08. The number of carbonyl (C=O) groups excluding carboxylic acids is 1. The first-order chi connectivity index (χ1) is 12.2. The van der Waals surface area contributed by atoms with E-state index in [1.165, 1.54) is 42.8 Å². The number of hydrazone groups is 1. The third-order valence-corrected chi connectivity index (χ3v) is 5.39. The maximum atomic E-state index is 12.0. The Kier molecular flexibility index (Phi) is 5.83. The van der Waals surface area contributed by atoms with Gasteiger partial charge < -0.3 is 9.64 Å². The van der Waals surface area contributed by atoms with E-state index in [0.717, 1.165) is 23.6 Å². The fraction of sp³-hybridized carbons (Fsp3) is 0.368. The molecule has 0 spiro atoms. The first-order valence-electron chi connectivity index (χ1n) is 8.56. The lowest BCUT2D eigenvalue weighted by molar-refractivity contribution is -0.901. The van der Waals surface area contributed by atoms with Crippen LogP contribution in [0.2, 0.25) is 0 Å². The van der Waals surface area contributed by atoms with E-state index in [4.69, 9.17) is 4.74 Å². The van der Waals surface area contributed by atoms with Gasteiger partial charge in [-0.3, -0.25) is 4.79 Å². The highest BCUT2D eigenvalue weighted by molar-refractivity contribution is 7.12. The minimum absolute atomic E-state index is 0.176. The van der Waals surface area contributed by atoms with Crippen LogP contribution in [0.5, 0.6) is 5.75 Å². The average Bonchev–Trinajstić information content (AvgIpc) is 3.33. The summed E-state index contributed by atoms with van der Waals surface area (Å²) in [6, 6.07) is 9.74. The molecule has 1 fully saturated rings. The highest BCUT2D eigenvalue weighted by Crippen LogP contribution is 2.20. The van der Waals surface area contributed by atoms with E-state index in [9.17, 15) is 4.79 Å². The summed E-state index contributed by atoms with van der Waals surface area (Å²) in [5.74, 6) is 0.739. The van der Waals surface area contributed by atoms with Crippen LogP contribution in [0.1, 0.15) is 40.6 Å². The quantitative estimate of drug-likeness (QED) is 0.614. The van der Waals surface area contributed by atoms with Crippen LogP contribution in [-0.2, 0) is 6.54 Å². The largest absolute Gasteiger partial charge is 0.496 e. The fourth-order valence-corrected chi connectivity index (χ4v) is 3.74. The summed E-state index contributed by atoms with van der Waals surface area (Å²) in [5.41, 5.74) is 5.60. The normalized spacial score (nSPS) is 15.4. The topological polar surface area (TPSA) is 55.1 Å². The van der Waals surface area contributed by atoms with Crippen molar-refractivity contribution in [2.45, 2.75) is 26.3 Å². The maximum absolute atomic E-state index is 12.0. The van der Waals surface area contributed by atoms with Gasteiger partial charge in [0.2, 0.25) is 0 Å². The first-order valence-corrected chi connectivity index (χ1v) is 9.44. The molecule has 0 aliphatic carbocycles. The zero-order chi connectivity index (χ0) is 17.6. The van der Waals surface area contributed by atoms with E-state index in [1.807, 2.05) is 30.5 Å². The molecule has 3 rings (SSSR count). The lowest BCUT2D eigenvalue weighted by Gasteiger charge is -2.15. The van der Waals surface area contributed by atoms with Gasteiger partial charge in [-0.1, -0.05) is 6.07 Å². The summed E-state index contributed by atoms with van der Waals surface area (Å²) in [6.45, 7) is 5.31. The molecule has 1 saturated heterocycles. The molecule has 1 aromatic heterocycles. The zero-order valence-corrected chi connectivity index (χ0v) is 15.5. The van der Waals surface area contributed by atoms with Gasteiger partial charge in [0.25, 0.3) is 5.91 Å². The van der Waals surface area contributed by atoms with Gasteiger partial charge in [0.15, 0.2) is 0 Å². The van der Waals surface area contributed by atoms with Crippen molar-refractivity contribution in [2.24, 2.45) is 5.10 Å². The Morgan fingerprint density at radius 1 is 1.32 bits per heavy atom. The Balaban J connectivity index is 1.73. The number of nitrogens with one attached hydrogen (secondary N) is 2. The van der Waals surface area contributed by atoms with Gasteiger partial charge in [-0.2, -0.15) is 5.10 Å². The molecule has 0 unspecified atom stereocenters. The third-order valence-electron chi connectivity index (χ3n) is 4.52. The van der Waals surface area contributed by atoms with Gasteiger partial charge in [0.05, 0.1) is 30.8 Å². The second-order valence-corrected chi connectivity index (χ2v) is 7.22. The molecule has 1 aliphatic rings. The number of likely N-dealkylation sites (tertiary alicyclic amines) is 1. The molecule has 1 aromatic carbocycles. The van der Waals surface area contributed by atoms with Crippen LogP contribution >= 0.6 is 11.3 Å². The molecule has 2 aromatic rings. The number of thiophene rings is 1. The van der Waals surface area contributed by atoms with Gasteiger partial charge in [-0.25, -0.2) is 5.43 Å². The van der Waals surface area contributed by atoms with E-state index < -0.39 is 0 Å². The standard InChI is InChI=1S/C19H23N3O2S/c1-14(20-21-19(23)18-6-5-11-25-18)15-7-8-17(24-2)16(12-15)13-22-9-3-4-10-22/h5-8,11-12H,3-4,9-10,13H2,1-2H3,(H,21,23)/p+1/b20-14-. The minimum Gasteiger partial charge on any atom is -0.496 e. The van der Waals surface area contributed by atoms with Crippen molar-refractivity contribution in [1.29, 1.82) is 0 Å². The van der Waals surface area contributed by atoms with Crippen molar-refractivity contribution in [3.05, 3.63) is 51.7 Å². The highest BCUT2D eigenvalue weighted by Gasteiger charge is 2.18. The van der Waals surface area contributed by atoms with Crippen LogP contribution in [0.4, 0.5) is 0 Å². The number of quaternary nitrogens is 1. The Morgan fingerprint density at radius 3 is 2.80 bits per heavy atom. The molecule has 2 N–H and O–H groups in total. The van der Waals surface area contributed by atoms with Crippen LogP contribution < -0.4 is 15.1 Å². The number of amides is 1. The summed E-state index contributed by atoms with van der Waals surface area (Å²) in [5, 5.41) is 6.13. The van der Waals surface area contributed by atoms with Crippen molar-refractivity contribution in [2.75, 3.05) is 20.2 Å². The molecular formula is C19H24N3O2S+. The summed E-state index contributed by atoms with van der Waals surface area (Å²) in [7, 11) is 1.71. The monoisotopic (exact) mass is 358 g/mol. The average molecular weight is 358 g/mol. The molecule has 1 aliphatic heterocycles. The van der Waals surface area contributed by atoms with Crippen molar-refractivity contribution in [1.82, 2.24) is 5.43 Å². The molecule has 25 heavy (non-hydrogen) atoms. The van der Waals surface area contributed by atoms with E-state index in [1.54, 1.807) is 18.1 Å². The van der Waals surface area contributed by atoms with Gasteiger partial charge in [-0.15, -0.1) is 11.3 Å². The Bertz CT molecular complexity index is 750. The Hall–Kier alpha value is -2.18. The molecule has 6 heteroatoms. The van der Waals surface area contributed by atoms with Crippen LogP contribution in [0.3, 0.4) is 0 Å². The zero-order valence-electron chi connectivity index (χ0n) is 14.7. The summed E-state index contributed by atoms with van der Waals surface area (Å²) in [6.07, 6.45) is 2.60. The number of rotatable bonds is 6. The van der Waals surface area contributed by atoms with Crippen LogP contribution in [0.25, 0.3) is 0 Å². The minimum atomic E-state index is -0.176. The molecule has 0 bridgehead atoms. The smallest absolute Gasteiger partial charge is 0.281 e. The first kappa shape index (κ1) is 17.6. The van der Waals surface area contributed by atoms with Gasteiger partial charge in [0.1, 0.15) is 12.3 Å². The number of nitrogens with zero attached hydrogens (tertiary/aromatic N) is 1. The molecule has 132 valence electrons. The highest BCUT2D eigenvalue weighted by atomic mass is 32.1. The number of hydrogen-bond acceptors (Lipinski definition) is 4. The maximum Gasteiger partial charge on any atom is 0.281 e. The number of carbonyl (C=O) groups is 1. The molecule has 0 atom stereocenters. The second-order valence-electron chi connectivity index (χ2n) is 6.28. The van der Waals surface area contributed by atoms with Crippen LogP contribution in [0, 0.1) is 0 Å². The molecule has 2 heterocycles. The predicted molar refractivity (Wildman–Crippen MR) is 101 cm³/mol. The van der Waals surface area contributed by atoms with Gasteiger partial charge in [-0.05, 0) is 42.1 Å². The molecule has 0 radical (unpaired) electrons. The van der Waals surface area contributed by atoms with Gasteiger partial charge in [0, 0.05) is 18.4 Å². The molecule has 5 nitrogen and oxygen atoms in total. The SMILES string of the molecule is COc1ccc(/C(C)=N\NC(=O)c2cccs2)cc1C[NH+]1CCCC1. The predicted octanol–water partition coefficient (Wildman–Crippen LogP) is 2.09. The number of benzene rings is 1. The van der Waals surface area contributed by atoms with Crippen molar-refractivity contribution in [3.63, 3.8) is 0 Å². The van der Waals surface area contributed by atoms with E-state index in [-0.39, 0.29) is 5.91 Å². The lowest BCUT2D eigenvalue weighted by atomic mass is 10.1. The molecule has 1 amide bonds. The van der Waals surface area contributed by atoms with E-state index >= 15 is 0 Å². The van der Waals surface area contributed by atoms with Crippen molar-refractivity contribution in [3.8, 4) is 5.75 Å². The fourth-order valence-electron chi connectivity index (χ4n) is 3.12. The Labute approximate surface area is 152 Å². The third kappa shape index (κ3) is 4.46. The van der Waals surface area contributed by atoms with E-state index in [2.05, 4.69) is 16.6 Å². The summed E-state index contributed by atoms with van der Waals surface area (Å²) < 4.78 is 5.52. The number of hydrogen-bond donors (Lipinski definition) is 2. The van der Waals surface area contributed by atoms with Crippen LogP contribution in [-0.4, -0.2) is 31.8 Å². The summed E-state index contributed by atoms with van der Waals surface area (Å²) >= 11 is 1.40. The van der Waals surface area contributed by atoms with E-state index in [0.29, 0.717) is 4.88 Å². The van der Waals surface area contributed by atoms with Crippen LogP contribution in [0.15, 0.2) is 40.8 Å². The van der Waals surface area contributed by atoms with Crippen molar-refractivity contribution >= 4 is 23.0 Å². The van der Waals surface area contributed by atoms with Crippen molar-refractivity contribution < 1.29 is 14.4 Å². The number of methoxy groups -OCH3 is 1. The molecule has 0 saturated carbocycles. The number of ether oxygens (including phenoxy) is 1. The summed E-state index contributed by atoms with van der Waals surface area (Å²) in [4.78, 5) is 14.3. The Morgan fingerprint density at radius 2 is 2.12 bits per heavy atom. The second kappa shape index (κ2) is 8.27.